The van der Waals surface area contributed by atoms with Gasteiger partial charge in [-0.15, -0.1) is 0 Å². The van der Waals surface area contributed by atoms with E-state index in [-0.39, 0.29) is 11.9 Å². The lowest BCUT2D eigenvalue weighted by Gasteiger charge is -2.13. The van der Waals surface area contributed by atoms with Crippen molar-refractivity contribution in [2.45, 2.75) is 6.04 Å². The van der Waals surface area contributed by atoms with E-state index in [0.29, 0.717) is 0 Å². The standard InChI is InChI=1S/C17H13N3O/c21-17-16(13-6-2-4-8-15(13)20-17)19-12-9-11-5-1-3-7-14(11)18-10-12/h1-10,16,19H,(H,20,21). The Morgan fingerprint density at radius 1 is 1.05 bits per heavy atom. The van der Waals surface area contributed by atoms with Crippen molar-refractivity contribution in [3.63, 3.8) is 0 Å². The van der Waals surface area contributed by atoms with Gasteiger partial charge in [0.05, 0.1) is 17.4 Å². The number of hydrogen-bond donors (Lipinski definition) is 2. The van der Waals surface area contributed by atoms with Gasteiger partial charge in [-0.3, -0.25) is 9.78 Å². The van der Waals surface area contributed by atoms with Gasteiger partial charge in [-0.05, 0) is 18.2 Å². The Hall–Kier alpha value is -2.88. The van der Waals surface area contributed by atoms with Gasteiger partial charge in [0.1, 0.15) is 6.04 Å². The highest BCUT2D eigenvalue weighted by Gasteiger charge is 2.29. The Morgan fingerprint density at radius 2 is 1.86 bits per heavy atom. The number of aromatic nitrogens is 1. The largest absolute Gasteiger partial charge is 0.369 e. The molecule has 2 N–H and O–H groups in total. The zero-order valence-electron chi connectivity index (χ0n) is 11.2. The van der Waals surface area contributed by atoms with E-state index >= 15 is 0 Å². The van der Waals surface area contributed by atoms with E-state index in [1.165, 1.54) is 0 Å². The highest BCUT2D eigenvalue weighted by Crippen LogP contribution is 2.33. The van der Waals surface area contributed by atoms with Crippen LogP contribution < -0.4 is 10.6 Å². The SMILES string of the molecule is O=C1Nc2ccccc2C1Nc1cnc2ccccc2c1. The van der Waals surface area contributed by atoms with Crippen LogP contribution in [-0.4, -0.2) is 10.9 Å². The normalized spacial score (nSPS) is 16.6. The summed E-state index contributed by atoms with van der Waals surface area (Å²) in [6.45, 7) is 0. The summed E-state index contributed by atoms with van der Waals surface area (Å²) in [5.74, 6) is -0.0376. The van der Waals surface area contributed by atoms with E-state index in [9.17, 15) is 4.79 Å². The smallest absolute Gasteiger partial charge is 0.251 e. The second-order valence-electron chi connectivity index (χ2n) is 5.07. The minimum Gasteiger partial charge on any atom is -0.369 e. The van der Waals surface area contributed by atoms with Crippen LogP contribution in [-0.2, 0) is 4.79 Å². The predicted molar refractivity (Wildman–Crippen MR) is 83.2 cm³/mol. The molecule has 4 rings (SSSR count). The average molecular weight is 275 g/mol. The van der Waals surface area contributed by atoms with Crippen molar-refractivity contribution in [1.29, 1.82) is 0 Å². The number of anilines is 2. The minimum absolute atomic E-state index is 0.0376. The summed E-state index contributed by atoms with van der Waals surface area (Å²) < 4.78 is 0. The molecule has 0 saturated heterocycles. The van der Waals surface area contributed by atoms with E-state index in [4.69, 9.17) is 0 Å². The van der Waals surface area contributed by atoms with Crippen molar-refractivity contribution in [1.82, 2.24) is 4.98 Å². The van der Waals surface area contributed by atoms with E-state index < -0.39 is 0 Å². The van der Waals surface area contributed by atoms with Crippen molar-refractivity contribution in [3.8, 4) is 0 Å². The van der Waals surface area contributed by atoms with Crippen molar-refractivity contribution in [2.24, 2.45) is 0 Å². The molecule has 0 spiro atoms. The maximum absolute atomic E-state index is 12.1. The molecule has 2 heterocycles. The minimum atomic E-state index is -0.371. The number of carbonyl (C=O) groups is 1. The molecular formula is C17H13N3O. The summed E-state index contributed by atoms with van der Waals surface area (Å²) in [4.78, 5) is 16.5. The number of benzene rings is 2. The lowest BCUT2D eigenvalue weighted by atomic mass is 10.1. The Bertz CT molecular complexity index is 844. The van der Waals surface area contributed by atoms with E-state index in [1.807, 2.05) is 54.6 Å². The summed E-state index contributed by atoms with van der Waals surface area (Å²) in [5.41, 5.74) is 3.62. The molecule has 0 saturated carbocycles. The summed E-state index contributed by atoms with van der Waals surface area (Å²) >= 11 is 0. The van der Waals surface area contributed by atoms with Gasteiger partial charge in [0.2, 0.25) is 0 Å². The van der Waals surface area contributed by atoms with Crippen LogP contribution in [0.3, 0.4) is 0 Å². The first-order valence-corrected chi connectivity index (χ1v) is 6.82. The van der Waals surface area contributed by atoms with Crippen LogP contribution in [0.2, 0.25) is 0 Å². The van der Waals surface area contributed by atoms with Crippen LogP contribution in [0.5, 0.6) is 0 Å². The number of nitrogens with zero attached hydrogens (tertiary/aromatic N) is 1. The maximum Gasteiger partial charge on any atom is 0.251 e. The quantitative estimate of drug-likeness (QED) is 0.754. The van der Waals surface area contributed by atoms with Gasteiger partial charge in [-0.1, -0.05) is 36.4 Å². The molecular weight excluding hydrogens is 262 g/mol. The maximum atomic E-state index is 12.1. The van der Waals surface area contributed by atoms with Gasteiger partial charge >= 0.3 is 0 Å². The second kappa shape index (κ2) is 4.59. The summed E-state index contributed by atoms with van der Waals surface area (Å²) in [6.07, 6.45) is 1.76. The molecule has 1 aliphatic rings. The molecule has 0 aliphatic carbocycles. The number of pyridine rings is 1. The Kier molecular flexibility index (Phi) is 2.60. The van der Waals surface area contributed by atoms with E-state index in [2.05, 4.69) is 15.6 Å². The highest BCUT2D eigenvalue weighted by molar-refractivity contribution is 6.04. The Morgan fingerprint density at radius 3 is 2.81 bits per heavy atom. The van der Waals surface area contributed by atoms with Gasteiger partial charge in [0, 0.05) is 16.6 Å². The molecule has 3 aromatic rings. The van der Waals surface area contributed by atoms with Crippen LogP contribution >= 0.6 is 0 Å². The van der Waals surface area contributed by atoms with E-state index in [1.54, 1.807) is 6.20 Å². The molecule has 1 aromatic heterocycles. The number of fused-ring (bicyclic) bond motifs is 2. The van der Waals surface area contributed by atoms with E-state index in [0.717, 1.165) is 27.8 Å². The highest BCUT2D eigenvalue weighted by atomic mass is 16.2. The fourth-order valence-corrected chi connectivity index (χ4v) is 2.67. The fraction of sp³-hybridized carbons (Fsp3) is 0.0588. The predicted octanol–water partition coefficient (Wildman–Crippen LogP) is 3.34. The third kappa shape index (κ3) is 2.01. The summed E-state index contributed by atoms with van der Waals surface area (Å²) in [7, 11) is 0. The number of amides is 1. The monoisotopic (exact) mass is 275 g/mol. The van der Waals surface area contributed by atoms with Crippen molar-refractivity contribution < 1.29 is 4.79 Å². The number of carbonyl (C=O) groups excluding carboxylic acids is 1. The molecule has 0 radical (unpaired) electrons. The zero-order valence-corrected chi connectivity index (χ0v) is 11.2. The van der Waals surface area contributed by atoms with Gasteiger partial charge in [0.25, 0.3) is 5.91 Å². The number of nitrogens with one attached hydrogen (secondary N) is 2. The molecule has 1 amide bonds. The molecule has 0 bridgehead atoms. The second-order valence-corrected chi connectivity index (χ2v) is 5.07. The fourth-order valence-electron chi connectivity index (χ4n) is 2.67. The third-order valence-electron chi connectivity index (χ3n) is 3.69. The topological polar surface area (TPSA) is 54.0 Å². The lowest BCUT2D eigenvalue weighted by molar-refractivity contribution is -0.116. The van der Waals surface area contributed by atoms with Crippen molar-refractivity contribution in [3.05, 3.63) is 66.4 Å². The van der Waals surface area contributed by atoms with Crippen LogP contribution in [0.15, 0.2) is 60.8 Å². The Labute approximate surface area is 121 Å². The number of para-hydroxylation sites is 2. The van der Waals surface area contributed by atoms with Crippen molar-refractivity contribution in [2.75, 3.05) is 10.6 Å². The summed E-state index contributed by atoms with van der Waals surface area (Å²) in [5, 5.41) is 7.20. The molecule has 4 heteroatoms. The molecule has 1 aliphatic heterocycles. The molecule has 0 fully saturated rings. The first kappa shape index (κ1) is 11.9. The lowest BCUT2D eigenvalue weighted by Crippen LogP contribution is -2.19. The van der Waals surface area contributed by atoms with Gasteiger partial charge < -0.3 is 10.6 Å². The van der Waals surface area contributed by atoms with Gasteiger partial charge in [0.15, 0.2) is 0 Å². The van der Waals surface area contributed by atoms with Crippen LogP contribution in [0, 0.1) is 0 Å². The van der Waals surface area contributed by atoms with Crippen LogP contribution in [0.1, 0.15) is 11.6 Å². The molecule has 1 unspecified atom stereocenters. The zero-order chi connectivity index (χ0) is 14.2. The van der Waals surface area contributed by atoms with Gasteiger partial charge in [-0.2, -0.15) is 0 Å². The summed E-state index contributed by atoms with van der Waals surface area (Å²) in [6, 6.07) is 17.3. The van der Waals surface area contributed by atoms with Crippen molar-refractivity contribution >= 4 is 28.2 Å². The molecule has 21 heavy (non-hydrogen) atoms. The van der Waals surface area contributed by atoms with Crippen LogP contribution in [0.4, 0.5) is 11.4 Å². The molecule has 2 aromatic carbocycles. The Balaban J connectivity index is 1.70. The molecule has 4 nitrogen and oxygen atoms in total. The third-order valence-corrected chi connectivity index (χ3v) is 3.69. The number of hydrogen-bond acceptors (Lipinski definition) is 3. The first-order chi connectivity index (χ1) is 10.3. The average Bonchev–Trinajstić information content (AvgIpc) is 2.83. The van der Waals surface area contributed by atoms with Gasteiger partial charge in [-0.25, -0.2) is 0 Å². The molecule has 102 valence electrons. The van der Waals surface area contributed by atoms with Crippen LogP contribution in [0.25, 0.3) is 10.9 Å². The molecule has 1 atom stereocenters. The number of rotatable bonds is 2. The first-order valence-electron chi connectivity index (χ1n) is 6.82.